The van der Waals surface area contributed by atoms with E-state index in [9.17, 15) is 4.79 Å². The van der Waals surface area contributed by atoms with Gasteiger partial charge in [0.1, 0.15) is 0 Å². The molecule has 4 nitrogen and oxygen atoms in total. The van der Waals surface area contributed by atoms with E-state index in [4.69, 9.17) is 10.8 Å². The standard InChI is InChI=1S/C19H30N2O2/c20-19(23)18(17-12-8-7-9-13-17)16-21-14-10-5-3-1-2-4-6-11-15-22/h7-9,12-13,16,21-22H,1-6,10-11,14-15H2,(H2,20,23)/b18-16-. The van der Waals surface area contributed by atoms with Crippen LogP contribution in [0.25, 0.3) is 5.57 Å². The first-order valence-corrected chi connectivity index (χ1v) is 8.65. The van der Waals surface area contributed by atoms with Crippen LogP contribution in [0.5, 0.6) is 0 Å². The first-order chi connectivity index (χ1) is 11.3. The Morgan fingerprint density at radius 1 is 0.957 bits per heavy atom. The first-order valence-electron chi connectivity index (χ1n) is 8.65. The van der Waals surface area contributed by atoms with Crippen molar-refractivity contribution in [2.24, 2.45) is 5.73 Å². The molecule has 0 fully saturated rings. The quantitative estimate of drug-likeness (QED) is 0.386. The van der Waals surface area contributed by atoms with Crippen molar-refractivity contribution in [2.75, 3.05) is 13.2 Å². The van der Waals surface area contributed by atoms with E-state index >= 15 is 0 Å². The van der Waals surface area contributed by atoms with Crippen molar-refractivity contribution in [3.63, 3.8) is 0 Å². The van der Waals surface area contributed by atoms with E-state index < -0.39 is 5.91 Å². The summed E-state index contributed by atoms with van der Waals surface area (Å²) >= 11 is 0. The third-order valence-corrected chi connectivity index (χ3v) is 3.83. The molecule has 4 N–H and O–H groups in total. The van der Waals surface area contributed by atoms with Crippen molar-refractivity contribution in [1.29, 1.82) is 0 Å². The molecule has 0 aromatic heterocycles. The molecule has 0 spiro atoms. The Balaban J connectivity index is 2.13. The van der Waals surface area contributed by atoms with Crippen molar-refractivity contribution >= 4 is 11.5 Å². The lowest BCUT2D eigenvalue weighted by atomic mass is 10.1. The van der Waals surface area contributed by atoms with Gasteiger partial charge in [0.15, 0.2) is 0 Å². The van der Waals surface area contributed by atoms with E-state index in [-0.39, 0.29) is 0 Å². The second-order valence-electron chi connectivity index (χ2n) is 5.79. The molecule has 4 heteroatoms. The Morgan fingerprint density at radius 3 is 2.09 bits per heavy atom. The normalized spacial score (nSPS) is 11.4. The molecule has 1 amide bonds. The maximum atomic E-state index is 11.5. The number of carbonyl (C=O) groups is 1. The molecule has 0 unspecified atom stereocenters. The number of nitrogens with one attached hydrogen (secondary N) is 1. The van der Waals surface area contributed by atoms with E-state index in [2.05, 4.69) is 5.32 Å². The predicted molar refractivity (Wildman–Crippen MR) is 95.6 cm³/mol. The number of rotatable bonds is 13. The third kappa shape index (κ3) is 9.04. The van der Waals surface area contributed by atoms with E-state index in [1.807, 2.05) is 30.3 Å². The zero-order valence-electron chi connectivity index (χ0n) is 14.0. The van der Waals surface area contributed by atoms with Gasteiger partial charge in [-0.15, -0.1) is 0 Å². The van der Waals surface area contributed by atoms with Crippen LogP contribution < -0.4 is 11.1 Å². The van der Waals surface area contributed by atoms with Crippen LogP contribution in [0.4, 0.5) is 0 Å². The minimum Gasteiger partial charge on any atom is -0.396 e. The summed E-state index contributed by atoms with van der Waals surface area (Å²) in [5.41, 5.74) is 6.80. The van der Waals surface area contributed by atoms with Crippen LogP contribution in [0.2, 0.25) is 0 Å². The summed E-state index contributed by atoms with van der Waals surface area (Å²) < 4.78 is 0. The van der Waals surface area contributed by atoms with Gasteiger partial charge in [-0.1, -0.05) is 68.9 Å². The molecule has 128 valence electrons. The lowest BCUT2D eigenvalue weighted by Crippen LogP contribution is -2.17. The fourth-order valence-electron chi connectivity index (χ4n) is 2.49. The summed E-state index contributed by atoms with van der Waals surface area (Å²) in [5, 5.41) is 11.9. The molecule has 1 rings (SSSR count). The number of carbonyl (C=O) groups excluding carboxylic acids is 1. The van der Waals surface area contributed by atoms with Gasteiger partial charge >= 0.3 is 0 Å². The smallest absolute Gasteiger partial charge is 0.250 e. The maximum Gasteiger partial charge on any atom is 0.250 e. The maximum absolute atomic E-state index is 11.5. The van der Waals surface area contributed by atoms with Gasteiger partial charge < -0.3 is 16.2 Å². The van der Waals surface area contributed by atoms with E-state index in [1.165, 1.54) is 32.1 Å². The minimum atomic E-state index is -0.411. The van der Waals surface area contributed by atoms with Crippen LogP contribution >= 0.6 is 0 Å². The first kappa shape index (κ1) is 19.2. The lowest BCUT2D eigenvalue weighted by molar-refractivity contribution is -0.112. The highest BCUT2D eigenvalue weighted by Crippen LogP contribution is 2.12. The molecule has 0 aliphatic rings. The third-order valence-electron chi connectivity index (χ3n) is 3.83. The van der Waals surface area contributed by atoms with Gasteiger partial charge in [0.05, 0.1) is 5.57 Å². The number of benzene rings is 1. The SMILES string of the molecule is NC(=O)/C(=C\NCCCCCCCCCCO)c1ccccc1. The minimum absolute atomic E-state index is 0.315. The van der Waals surface area contributed by atoms with Gasteiger partial charge in [0, 0.05) is 19.4 Å². The Kier molecular flexibility index (Phi) is 10.6. The number of hydrogen-bond acceptors (Lipinski definition) is 3. The molecule has 0 heterocycles. The summed E-state index contributed by atoms with van der Waals surface area (Å²) in [7, 11) is 0. The number of hydrogen-bond donors (Lipinski definition) is 3. The van der Waals surface area contributed by atoms with Crippen LogP contribution in [0.15, 0.2) is 36.5 Å². The summed E-state index contributed by atoms with van der Waals surface area (Å²) in [6.45, 7) is 1.17. The monoisotopic (exact) mass is 318 g/mol. The molecule has 1 aromatic carbocycles. The van der Waals surface area contributed by atoms with Crippen molar-refractivity contribution in [2.45, 2.75) is 51.4 Å². The topological polar surface area (TPSA) is 75.4 Å². The van der Waals surface area contributed by atoms with Gasteiger partial charge in [-0.05, 0) is 18.4 Å². The Hall–Kier alpha value is -1.81. The van der Waals surface area contributed by atoms with Crippen molar-refractivity contribution in [3.8, 4) is 0 Å². The number of primary amides is 1. The van der Waals surface area contributed by atoms with Gasteiger partial charge in [0.25, 0.3) is 5.91 Å². The van der Waals surface area contributed by atoms with Crippen LogP contribution in [0.3, 0.4) is 0 Å². The van der Waals surface area contributed by atoms with Crippen LogP contribution in [-0.2, 0) is 4.79 Å². The molecule has 23 heavy (non-hydrogen) atoms. The molecule has 0 atom stereocenters. The highest BCUT2D eigenvalue weighted by atomic mass is 16.2. The fourth-order valence-corrected chi connectivity index (χ4v) is 2.49. The average Bonchev–Trinajstić information content (AvgIpc) is 2.56. The van der Waals surface area contributed by atoms with Gasteiger partial charge in [0.2, 0.25) is 0 Å². The van der Waals surface area contributed by atoms with E-state index in [0.29, 0.717) is 12.2 Å². The van der Waals surface area contributed by atoms with E-state index in [1.54, 1.807) is 6.20 Å². The Morgan fingerprint density at radius 2 is 1.52 bits per heavy atom. The molecular formula is C19H30N2O2. The highest BCUT2D eigenvalue weighted by molar-refractivity contribution is 6.18. The number of amides is 1. The molecule has 0 aliphatic heterocycles. The zero-order chi connectivity index (χ0) is 16.8. The second-order valence-corrected chi connectivity index (χ2v) is 5.79. The van der Waals surface area contributed by atoms with Crippen LogP contribution in [0, 0.1) is 0 Å². The van der Waals surface area contributed by atoms with Gasteiger partial charge in [-0.25, -0.2) is 0 Å². The number of aliphatic hydroxyl groups excluding tert-OH is 1. The summed E-state index contributed by atoms with van der Waals surface area (Å²) in [5.74, 6) is -0.411. The summed E-state index contributed by atoms with van der Waals surface area (Å²) in [6.07, 6.45) is 11.1. The molecular weight excluding hydrogens is 288 g/mol. The molecule has 1 aromatic rings. The van der Waals surface area contributed by atoms with Crippen molar-refractivity contribution in [3.05, 3.63) is 42.1 Å². The average molecular weight is 318 g/mol. The molecule has 0 bridgehead atoms. The molecule has 0 saturated carbocycles. The van der Waals surface area contributed by atoms with E-state index in [0.717, 1.165) is 31.4 Å². The molecule has 0 radical (unpaired) electrons. The fraction of sp³-hybridized carbons (Fsp3) is 0.526. The number of aliphatic hydroxyl groups is 1. The zero-order valence-corrected chi connectivity index (χ0v) is 14.0. The number of unbranched alkanes of at least 4 members (excludes halogenated alkanes) is 7. The molecule has 0 aliphatic carbocycles. The Labute approximate surface area is 139 Å². The van der Waals surface area contributed by atoms with Gasteiger partial charge in [-0.2, -0.15) is 0 Å². The predicted octanol–water partition coefficient (Wildman–Crippen LogP) is 3.22. The van der Waals surface area contributed by atoms with Crippen molar-refractivity contribution < 1.29 is 9.90 Å². The second kappa shape index (κ2) is 12.7. The molecule has 0 saturated heterocycles. The Bertz CT molecular complexity index is 458. The van der Waals surface area contributed by atoms with Crippen molar-refractivity contribution in [1.82, 2.24) is 5.32 Å². The largest absolute Gasteiger partial charge is 0.396 e. The lowest BCUT2D eigenvalue weighted by Gasteiger charge is -2.06. The van der Waals surface area contributed by atoms with Crippen LogP contribution in [0.1, 0.15) is 56.9 Å². The summed E-state index contributed by atoms with van der Waals surface area (Å²) in [4.78, 5) is 11.5. The number of nitrogens with two attached hydrogens (primary N) is 1. The summed E-state index contributed by atoms with van der Waals surface area (Å²) in [6, 6.07) is 9.48. The van der Waals surface area contributed by atoms with Gasteiger partial charge in [-0.3, -0.25) is 4.79 Å². The van der Waals surface area contributed by atoms with Crippen LogP contribution in [-0.4, -0.2) is 24.2 Å². The highest BCUT2D eigenvalue weighted by Gasteiger charge is 2.06.